The van der Waals surface area contributed by atoms with Crippen LogP contribution in [0.25, 0.3) is 0 Å². The Morgan fingerprint density at radius 1 is 0.944 bits per heavy atom. The first kappa shape index (κ1) is 13.5. The summed E-state index contributed by atoms with van der Waals surface area (Å²) < 4.78 is 26.4. The van der Waals surface area contributed by atoms with E-state index < -0.39 is 11.6 Å². The maximum Gasteiger partial charge on any atom is 0.126 e. The van der Waals surface area contributed by atoms with E-state index in [1.54, 1.807) is 0 Å². The molecular weight excluding hydrogens is 232 g/mol. The van der Waals surface area contributed by atoms with E-state index in [-0.39, 0.29) is 5.41 Å². The quantitative estimate of drug-likeness (QED) is 0.814. The van der Waals surface area contributed by atoms with Crippen LogP contribution in [-0.2, 0) is 6.42 Å². The fraction of sp³-hybridized carbons (Fsp3) is 0.600. The average molecular weight is 253 g/mol. The van der Waals surface area contributed by atoms with E-state index in [0.29, 0.717) is 13.0 Å². The lowest BCUT2D eigenvalue weighted by Gasteiger charge is -2.31. The zero-order chi connectivity index (χ0) is 13.0. The second-order valence-corrected chi connectivity index (χ2v) is 5.57. The molecule has 0 heterocycles. The first-order valence-corrected chi connectivity index (χ1v) is 6.79. The molecule has 0 atom stereocenters. The Balaban J connectivity index is 2.17. The minimum atomic E-state index is -0.495. The number of nitrogens with two attached hydrogens (primary N) is 1. The smallest absolute Gasteiger partial charge is 0.126 e. The lowest BCUT2D eigenvalue weighted by atomic mass is 9.75. The maximum absolute atomic E-state index is 13.2. The molecule has 0 amide bonds. The minimum absolute atomic E-state index is 0.0384. The third kappa shape index (κ3) is 3.29. The first-order valence-electron chi connectivity index (χ1n) is 6.79. The van der Waals surface area contributed by atoms with E-state index in [1.165, 1.54) is 37.8 Å². The highest BCUT2D eigenvalue weighted by molar-refractivity contribution is 5.19. The van der Waals surface area contributed by atoms with Gasteiger partial charge in [-0.05, 0) is 48.9 Å². The second-order valence-electron chi connectivity index (χ2n) is 5.57. The van der Waals surface area contributed by atoms with Gasteiger partial charge in [-0.2, -0.15) is 0 Å². The highest BCUT2D eigenvalue weighted by Gasteiger charge is 2.29. The second kappa shape index (κ2) is 5.79. The number of benzene rings is 1. The molecule has 18 heavy (non-hydrogen) atoms. The van der Waals surface area contributed by atoms with Gasteiger partial charge >= 0.3 is 0 Å². The van der Waals surface area contributed by atoms with Crippen molar-refractivity contribution in [3.8, 4) is 0 Å². The van der Waals surface area contributed by atoms with Crippen molar-refractivity contribution >= 4 is 0 Å². The molecular formula is C15H21F2N. The number of halogens is 2. The molecule has 1 aliphatic carbocycles. The Morgan fingerprint density at radius 3 is 2.00 bits per heavy atom. The van der Waals surface area contributed by atoms with Gasteiger partial charge in [-0.1, -0.05) is 25.7 Å². The molecule has 1 fully saturated rings. The zero-order valence-corrected chi connectivity index (χ0v) is 10.7. The Bertz CT molecular complexity index is 375. The van der Waals surface area contributed by atoms with Crippen molar-refractivity contribution in [1.82, 2.24) is 0 Å². The van der Waals surface area contributed by atoms with Crippen LogP contribution in [0.5, 0.6) is 0 Å². The summed E-state index contributed by atoms with van der Waals surface area (Å²) in [5.41, 5.74) is 6.72. The van der Waals surface area contributed by atoms with Gasteiger partial charge < -0.3 is 5.73 Å². The van der Waals surface area contributed by atoms with Crippen molar-refractivity contribution in [2.45, 2.75) is 44.9 Å². The van der Waals surface area contributed by atoms with Crippen LogP contribution in [0.3, 0.4) is 0 Å². The topological polar surface area (TPSA) is 26.0 Å². The molecule has 1 saturated carbocycles. The molecule has 0 radical (unpaired) electrons. The predicted octanol–water partition coefficient (Wildman–Crippen LogP) is 3.81. The third-order valence-corrected chi connectivity index (χ3v) is 4.10. The molecule has 0 unspecified atom stereocenters. The van der Waals surface area contributed by atoms with Crippen molar-refractivity contribution in [2.75, 3.05) is 6.54 Å². The normalized spacial score (nSPS) is 19.5. The van der Waals surface area contributed by atoms with Gasteiger partial charge in [0.05, 0.1) is 0 Å². The minimum Gasteiger partial charge on any atom is -0.330 e. The van der Waals surface area contributed by atoms with E-state index in [0.717, 1.165) is 24.5 Å². The molecule has 0 bridgehead atoms. The van der Waals surface area contributed by atoms with E-state index in [4.69, 9.17) is 5.73 Å². The molecule has 1 aromatic carbocycles. The number of rotatable bonds is 3. The van der Waals surface area contributed by atoms with Crippen molar-refractivity contribution in [2.24, 2.45) is 11.1 Å². The molecule has 0 aromatic heterocycles. The molecule has 1 aromatic rings. The lowest BCUT2D eigenvalue weighted by molar-refractivity contribution is 0.252. The van der Waals surface area contributed by atoms with Gasteiger partial charge in [-0.15, -0.1) is 0 Å². The third-order valence-electron chi connectivity index (χ3n) is 4.10. The van der Waals surface area contributed by atoms with Gasteiger partial charge in [0.15, 0.2) is 0 Å². The Morgan fingerprint density at radius 2 is 1.50 bits per heavy atom. The average Bonchev–Trinajstić information content (AvgIpc) is 2.54. The molecule has 3 heteroatoms. The summed E-state index contributed by atoms with van der Waals surface area (Å²) in [6.07, 6.45) is 7.68. The molecule has 1 aliphatic rings. The summed E-state index contributed by atoms with van der Waals surface area (Å²) in [4.78, 5) is 0. The molecule has 0 saturated heterocycles. The van der Waals surface area contributed by atoms with E-state index in [2.05, 4.69) is 0 Å². The fourth-order valence-corrected chi connectivity index (χ4v) is 3.08. The van der Waals surface area contributed by atoms with Gasteiger partial charge in [-0.25, -0.2) is 8.78 Å². The van der Waals surface area contributed by atoms with Crippen LogP contribution in [-0.4, -0.2) is 6.54 Å². The maximum atomic E-state index is 13.2. The number of hydrogen-bond donors (Lipinski definition) is 1. The van der Waals surface area contributed by atoms with Crippen molar-refractivity contribution in [1.29, 1.82) is 0 Å². The van der Waals surface area contributed by atoms with E-state index in [9.17, 15) is 8.78 Å². The Hall–Kier alpha value is -0.960. The van der Waals surface area contributed by atoms with Crippen LogP contribution < -0.4 is 5.73 Å². The highest BCUT2D eigenvalue weighted by Crippen LogP contribution is 2.37. The zero-order valence-electron chi connectivity index (χ0n) is 10.7. The summed E-state index contributed by atoms with van der Waals surface area (Å²) in [7, 11) is 0. The van der Waals surface area contributed by atoms with E-state index in [1.807, 2.05) is 0 Å². The predicted molar refractivity (Wildman–Crippen MR) is 69.3 cm³/mol. The lowest BCUT2D eigenvalue weighted by Crippen LogP contribution is -2.32. The van der Waals surface area contributed by atoms with Crippen LogP contribution >= 0.6 is 0 Å². The van der Waals surface area contributed by atoms with Gasteiger partial charge in [-0.3, -0.25) is 0 Å². The molecule has 2 N–H and O–H groups in total. The molecule has 0 spiro atoms. The van der Waals surface area contributed by atoms with Gasteiger partial charge in [0.25, 0.3) is 0 Å². The molecule has 100 valence electrons. The molecule has 1 nitrogen and oxygen atoms in total. The van der Waals surface area contributed by atoms with Crippen LogP contribution in [0.2, 0.25) is 0 Å². The van der Waals surface area contributed by atoms with Gasteiger partial charge in [0.1, 0.15) is 11.6 Å². The van der Waals surface area contributed by atoms with Crippen molar-refractivity contribution in [3.63, 3.8) is 0 Å². The first-order chi connectivity index (χ1) is 8.63. The summed E-state index contributed by atoms with van der Waals surface area (Å²) in [6.45, 7) is 0.602. The summed E-state index contributed by atoms with van der Waals surface area (Å²) in [5.74, 6) is -0.989. The Labute approximate surface area is 107 Å². The number of hydrogen-bond acceptors (Lipinski definition) is 1. The van der Waals surface area contributed by atoms with Crippen molar-refractivity contribution < 1.29 is 8.78 Å². The van der Waals surface area contributed by atoms with Crippen LogP contribution in [0.4, 0.5) is 8.78 Å². The van der Waals surface area contributed by atoms with E-state index >= 15 is 0 Å². The van der Waals surface area contributed by atoms with Crippen LogP contribution in [0, 0.1) is 17.0 Å². The van der Waals surface area contributed by atoms with Crippen LogP contribution in [0.15, 0.2) is 18.2 Å². The van der Waals surface area contributed by atoms with Crippen LogP contribution in [0.1, 0.15) is 44.1 Å². The van der Waals surface area contributed by atoms with Gasteiger partial charge in [0.2, 0.25) is 0 Å². The molecule has 0 aliphatic heterocycles. The summed E-state index contributed by atoms with van der Waals surface area (Å²) in [6, 6.07) is 3.79. The monoisotopic (exact) mass is 253 g/mol. The SMILES string of the molecule is NCC1(Cc2cc(F)cc(F)c2)CCCCCC1. The summed E-state index contributed by atoms with van der Waals surface area (Å²) >= 11 is 0. The standard InChI is InChI=1S/C15H21F2N/c16-13-7-12(8-14(17)9-13)10-15(11-18)5-3-1-2-4-6-15/h7-9H,1-6,10-11,18H2. The van der Waals surface area contributed by atoms with Gasteiger partial charge in [0, 0.05) is 6.07 Å². The summed E-state index contributed by atoms with van der Waals surface area (Å²) in [5, 5.41) is 0. The largest absolute Gasteiger partial charge is 0.330 e. The highest BCUT2D eigenvalue weighted by atomic mass is 19.1. The van der Waals surface area contributed by atoms with Crippen molar-refractivity contribution in [3.05, 3.63) is 35.4 Å². The Kier molecular flexibility index (Phi) is 4.33. The molecule has 2 rings (SSSR count). The fourth-order valence-electron chi connectivity index (χ4n) is 3.08.